The van der Waals surface area contributed by atoms with Crippen molar-refractivity contribution in [1.29, 1.82) is 0 Å². The lowest BCUT2D eigenvalue weighted by Crippen LogP contribution is -2.04. The van der Waals surface area contributed by atoms with Gasteiger partial charge in [-0.2, -0.15) is 0 Å². The van der Waals surface area contributed by atoms with E-state index in [0.717, 1.165) is 11.3 Å². The second-order valence-electron chi connectivity index (χ2n) is 4.49. The normalized spacial score (nSPS) is 12.0. The van der Waals surface area contributed by atoms with Gasteiger partial charge in [-0.3, -0.25) is 0 Å². The van der Waals surface area contributed by atoms with Crippen LogP contribution in [0.3, 0.4) is 0 Å². The van der Waals surface area contributed by atoms with Crippen molar-refractivity contribution in [2.75, 3.05) is 6.61 Å². The van der Waals surface area contributed by atoms with E-state index in [2.05, 4.69) is 0 Å². The summed E-state index contributed by atoms with van der Waals surface area (Å²) in [5.41, 5.74) is 6.80. The molecule has 20 heavy (non-hydrogen) atoms. The summed E-state index contributed by atoms with van der Waals surface area (Å²) in [6, 6.07) is 13.0. The largest absolute Gasteiger partial charge is 0.494 e. The minimum absolute atomic E-state index is 0.0490. The molecule has 0 aliphatic rings. The molecule has 0 aromatic heterocycles. The lowest BCUT2D eigenvalue weighted by Gasteiger charge is -2.11. The quantitative estimate of drug-likeness (QED) is 0.879. The van der Waals surface area contributed by atoms with Crippen LogP contribution in [0.1, 0.15) is 25.5 Å². The lowest BCUT2D eigenvalue weighted by atomic mass is 10.1. The van der Waals surface area contributed by atoms with E-state index >= 15 is 0 Å². The molecule has 2 N–H and O–H groups in total. The summed E-state index contributed by atoms with van der Waals surface area (Å²) in [6.45, 7) is 4.51. The van der Waals surface area contributed by atoms with E-state index in [-0.39, 0.29) is 6.04 Å². The molecule has 0 unspecified atom stereocenters. The predicted octanol–water partition coefficient (Wildman–Crippen LogP) is 4.55. The topological polar surface area (TPSA) is 44.5 Å². The van der Waals surface area contributed by atoms with Crippen LogP contribution in [0, 0.1) is 0 Å². The van der Waals surface area contributed by atoms with Gasteiger partial charge in [0.15, 0.2) is 0 Å². The monoisotopic (exact) mass is 291 g/mol. The number of halogens is 1. The molecule has 0 saturated carbocycles. The molecular weight excluding hydrogens is 274 g/mol. The van der Waals surface area contributed by atoms with Crippen molar-refractivity contribution < 1.29 is 9.47 Å². The minimum Gasteiger partial charge on any atom is -0.494 e. The van der Waals surface area contributed by atoms with Crippen molar-refractivity contribution in [3.8, 4) is 17.2 Å². The third-order valence-electron chi connectivity index (χ3n) is 2.84. The van der Waals surface area contributed by atoms with E-state index in [9.17, 15) is 0 Å². The molecule has 2 aromatic rings. The second-order valence-corrected chi connectivity index (χ2v) is 4.89. The molecule has 2 aromatic carbocycles. The molecule has 0 amide bonds. The van der Waals surface area contributed by atoms with Gasteiger partial charge in [-0.1, -0.05) is 17.7 Å². The van der Waals surface area contributed by atoms with Gasteiger partial charge in [0.05, 0.1) is 11.6 Å². The number of hydrogen-bond acceptors (Lipinski definition) is 3. The fourth-order valence-electron chi connectivity index (χ4n) is 1.78. The van der Waals surface area contributed by atoms with Gasteiger partial charge in [0, 0.05) is 6.04 Å². The third-order valence-corrected chi connectivity index (χ3v) is 3.14. The van der Waals surface area contributed by atoms with Crippen molar-refractivity contribution in [3.63, 3.8) is 0 Å². The molecule has 0 aliphatic heterocycles. The van der Waals surface area contributed by atoms with E-state index in [1.54, 1.807) is 0 Å². The molecule has 0 fully saturated rings. The van der Waals surface area contributed by atoms with Gasteiger partial charge in [0.2, 0.25) is 0 Å². The Morgan fingerprint density at radius 2 is 1.75 bits per heavy atom. The Kier molecular flexibility index (Phi) is 4.88. The van der Waals surface area contributed by atoms with E-state index < -0.39 is 0 Å². The lowest BCUT2D eigenvalue weighted by molar-refractivity contribution is 0.339. The Balaban J connectivity index is 2.13. The minimum atomic E-state index is -0.0490. The molecule has 0 aliphatic carbocycles. The molecule has 3 nitrogen and oxygen atoms in total. The first kappa shape index (κ1) is 14.7. The zero-order valence-corrected chi connectivity index (χ0v) is 12.4. The summed E-state index contributed by atoms with van der Waals surface area (Å²) in [6.07, 6.45) is 0. The maximum Gasteiger partial charge on any atom is 0.146 e. The molecule has 0 bridgehead atoms. The van der Waals surface area contributed by atoms with Crippen LogP contribution < -0.4 is 15.2 Å². The first-order valence-corrected chi connectivity index (χ1v) is 6.93. The average Bonchev–Trinajstić information content (AvgIpc) is 2.43. The third kappa shape index (κ3) is 3.65. The van der Waals surface area contributed by atoms with Gasteiger partial charge in [-0.15, -0.1) is 0 Å². The molecule has 0 saturated heterocycles. The Morgan fingerprint density at radius 3 is 2.30 bits per heavy atom. The number of benzene rings is 2. The molecule has 1 atom stereocenters. The van der Waals surface area contributed by atoms with Crippen LogP contribution in [-0.4, -0.2) is 6.61 Å². The van der Waals surface area contributed by atoms with Crippen molar-refractivity contribution in [3.05, 3.63) is 53.1 Å². The number of ether oxygens (including phenoxy) is 2. The molecule has 106 valence electrons. The smallest absolute Gasteiger partial charge is 0.146 e. The number of hydrogen-bond donors (Lipinski definition) is 1. The van der Waals surface area contributed by atoms with Crippen molar-refractivity contribution >= 4 is 11.6 Å². The Hall–Kier alpha value is -1.71. The average molecular weight is 292 g/mol. The highest BCUT2D eigenvalue weighted by Gasteiger charge is 2.07. The van der Waals surface area contributed by atoms with Gasteiger partial charge in [-0.25, -0.2) is 0 Å². The van der Waals surface area contributed by atoms with Gasteiger partial charge < -0.3 is 15.2 Å². The summed E-state index contributed by atoms with van der Waals surface area (Å²) in [4.78, 5) is 0. The Morgan fingerprint density at radius 1 is 1.10 bits per heavy atom. The number of rotatable bonds is 5. The van der Waals surface area contributed by atoms with E-state index in [0.29, 0.717) is 23.1 Å². The van der Waals surface area contributed by atoms with Crippen LogP contribution in [-0.2, 0) is 0 Å². The Labute approximate surface area is 124 Å². The van der Waals surface area contributed by atoms with E-state index in [1.807, 2.05) is 56.3 Å². The van der Waals surface area contributed by atoms with Crippen LogP contribution in [0.15, 0.2) is 42.5 Å². The molecular formula is C16H18ClNO2. The summed E-state index contributed by atoms with van der Waals surface area (Å²) in [5.74, 6) is 2.14. The predicted molar refractivity (Wildman–Crippen MR) is 81.7 cm³/mol. The van der Waals surface area contributed by atoms with Crippen LogP contribution in [0.4, 0.5) is 0 Å². The first-order chi connectivity index (χ1) is 9.60. The maximum atomic E-state index is 6.20. The molecule has 4 heteroatoms. The van der Waals surface area contributed by atoms with E-state index in [1.165, 1.54) is 0 Å². The summed E-state index contributed by atoms with van der Waals surface area (Å²) in [5, 5.41) is 0.550. The highest BCUT2D eigenvalue weighted by Crippen LogP contribution is 2.32. The van der Waals surface area contributed by atoms with Crippen molar-refractivity contribution in [2.45, 2.75) is 19.9 Å². The zero-order valence-electron chi connectivity index (χ0n) is 11.6. The molecule has 0 heterocycles. The molecule has 2 rings (SSSR count). The highest BCUT2D eigenvalue weighted by atomic mass is 35.5. The van der Waals surface area contributed by atoms with E-state index in [4.69, 9.17) is 26.8 Å². The Bertz CT molecular complexity index is 567. The highest BCUT2D eigenvalue weighted by molar-refractivity contribution is 6.32. The first-order valence-electron chi connectivity index (χ1n) is 6.56. The standard InChI is InChI=1S/C16H18ClNO2/c1-3-19-13-5-7-14(8-6-13)20-16-9-4-12(11(2)18)10-15(16)17/h4-11H,3,18H2,1-2H3/t11-/m0/s1. The van der Waals surface area contributed by atoms with Crippen LogP contribution in [0.2, 0.25) is 5.02 Å². The second kappa shape index (κ2) is 6.64. The van der Waals surface area contributed by atoms with Crippen LogP contribution >= 0.6 is 11.6 Å². The molecule has 0 spiro atoms. The maximum absolute atomic E-state index is 6.20. The van der Waals surface area contributed by atoms with Crippen molar-refractivity contribution in [1.82, 2.24) is 0 Å². The van der Waals surface area contributed by atoms with Crippen LogP contribution in [0.25, 0.3) is 0 Å². The fraction of sp³-hybridized carbons (Fsp3) is 0.250. The van der Waals surface area contributed by atoms with Crippen LogP contribution in [0.5, 0.6) is 17.2 Å². The summed E-state index contributed by atoms with van der Waals surface area (Å²) < 4.78 is 11.1. The SMILES string of the molecule is CCOc1ccc(Oc2ccc([C@H](C)N)cc2Cl)cc1. The fourth-order valence-corrected chi connectivity index (χ4v) is 2.01. The van der Waals surface area contributed by atoms with Gasteiger partial charge in [0.1, 0.15) is 17.2 Å². The van der Waals surface area contributed by atoms with Gasteiger partial charge in [0.25, 0.3) is 0 Å². The van der Waals surface area contributed by atoms with Gasteiger partial charge in [-0.05, 0) is 55.8 Å². The number of nitrogens with two attached hydrogens (primary N) is 1. The molecule has 0 radical (unpaired) electrons. The van der Waals surface area contributed by atoms with Crippen molar-refractivity contribution in [2.24, 2.45) is 5.73 Å². The summed E-state index contributed by atoms with van der Waals surface area (Å²) in [7, 11) is 0. The summed E-state index contributed by atoms with van der Waals surface area (Å²) >= 11 is 6.20. The zero-order chi connectivity index (χ0) is 14.5. The van der Waals surface area contributed by atoms with Gasteiger partial charge >= 0.3 is 0 Å².